The van der Waals surface area contributed by atoms with E-state index in [9.17, 15) is 4.79 Å². The van der Waals surface area contributed by atoms with E-state index >= 15 is 0 Å². The molecular formula is C14H16ClN3O2S. The van der Waals surface area contributed by atoms with E-state index in [0.29, 0.717) is 11.1 Å². The van der Waals surface area contributed by atoms with E-state index in [1.54, 1.807) is 0 Å². The Morgan fingerprint density at radius 1 is 1.57 bits per heavy atom. The van der Waals surface area contributed by atoms with E-state index in [4.69, 9.17) is 16.7 Å². The van der Waals surface area contributed by atoms with Crippen molar-refractivity contribution in [2.24, 2.45) is 0 Å². The minimum absolute atomic E-state index is 0.0135. The number of likely N-dealkylation sites (tertiary alicyclic amines) is 1. The molecular weight excluding hydrogens is 310 g/mol. The molecule has 1 atom stereocenters. The molecule has 0 saturated carbocycles. The molecule has 3 rings (SSSR count). The standard InChI is InChI=1S/C14H16ClN3O2S/c1-17-5-4-10(7-17)18-12-6-9(15)2-3-11(12)16-14(18)21-8-13(19)20/h2-3,6,10H,4-5,7-8H2,1H3,(H,19,20). The number of aliphatic carboxylic acids is 1. The van der Waals surface area contributed by atoms with Crippen LogP contribution in [0.4, 0.5) is 0 Å². The maximum Gasteiger partial charge on any atom is 0.313 e. The smallest absolute Gasteiger partial charge is 0.313 e. The number of likely N-dealkylation sites (N-methyl/N-ethyl adjacent to an activating group) is 1. The van der Waals surface area contributed by atoms with Crippen molar-refractivity contribution in [3.63, 3.8) is 0 Å². The highest BCUT2D eigenvalue weighted by Crippen LogP contribution is 2.33. The first-order chi connectivity index (χ1) is 10.0. The molecule has 21 heavy (non-hydrogen) atoms. The lowest BCUT2D eigenvalue weighted by molar-refractivity contribution is -0.133. The van der Waals surface area contributed by atoms with Gasteiger partial charge in [0.2, 0.25) is 0 Å². The Morgan fingerprint density at radius 3 is 3.05 bits per heavy atom. The lowest BCUT2D eigenvalue weighted by atomic mass is 10.2. The largest absolute Gasteiger partial charge is 0.481 e. The van der Waals surface area contributed by atoms with Gasteiger partial charge in [-0.1, -0.05) is 23.4 Å². The molecule has 0 radical (unpaired) electrons. The summed E-state index contributed by atoms with van der Waals surface area (Å²) in [4.78, 5) is 17.7. The van der Waals surface area contributed by atoms with Crippen LogP contribution in [0.1, 0.15) is 12.5 Å². The molecule has 1 aliphatic rings. The SMILES string of the molecule is CN1CCC(n2c(SCC(=O)O)nc3ccc(Cl)cc32)C1. The lowest BCUT2D eigenvalue weighted by Crippen LogP contribution is -2.17. The fraction of sp³-hybridized carbons (Fsp3) is 0.429. The second-order valence-electron chi connectivity index (χ2n) is 5.28. The van der Waals surface area contributed by atoms with Crippen molar-refractivity contribution >= 4 is 40.4 Å². The van der Waals surface area contributed by atoms with E-state index < -0.39 is 5.97 Å². The van der Waals surface area contributed by atoms with E-state index in [0.717, 1.165) is 35.7 Å². The van der Waals surface area contributed by atoms with Gasteiger partial charge in [0.05, 0.1) is 22.8 Å². The van der Waals surface area contributed by atoms with Crippen LogP contribution in [0, 0.1) is 0 Å². The summed E-state index contributed by atoms with van der Waals surface area (Å²) >= 11 is 7.38. The average molecular weight is 326 g/mol. The summed E-state index contributed by atoms with van der Waals surface area (Å²) in [6, 6.07) is 5.92. The summed E-state index contributed by atoms with van der Waals surface area (Å²) in [6.07, 6.45) is 1.04. The van der Waals surface area contributed by atoms with Gasteiger partial charge in [0, 0.05) is 11.6 Å². The Bertz CT molecular complexity index is 688. The zero-order chi connectivity index (χ0) is 15.0. The number of hydrogen-bond acceptors (Lipinski definition) is 4. The predicted octanol–water partition coefficient (Wildman–Crippen LogP) is 2.74. The predicted molar refractivity (Wildman–Crippen MR) is 84.3 cm³/mol. The van der Waals surface area contributed by atoms with Crippen molar-refractivity contribution in [2.75, 3.05) is 25.9 Å². The number of benzene rings is 1. The van der Waals surface area contributed by atoms with Crippen molar-refractivity contribution in [3.8, 4) is 0 Å². The molecule has 1 fully saturated rings. The van der Waals surface area contributed by atoms with Crippen molar-refractivity contribution in [2.45, 2.75) is 17.6 Å². The lowest BCUT2D eigenvalue weighted by Gasteiger charge is -2.16. The number of aromatic nitrogens is 2. The van der Waals surface area contributed by atoms with Crippen LogP contribution in [0.2, 0.25) is 5.02 Å². The summed E-state index contributed by atoms with van der Waals surface area (Å²) in [6.45, 7) is 1.98. The third kappa shape index (κ3) is 3.02. The van der Waals surface area contributed by atoms with Crippen LogP contribution in [0.5, 0.6) is 0 Å². The molecule has 1 N–H and O–H groups in total. The van der Waals surface area contributed by atoms with Crippen LogP contribution in [-0.2, 0) is 4.79 Å². The first-order valence-corrected chi connectivity index (χ1v) is 8.11. The van der Waals surface area contributed by atoms with E-state index in [1.807, 2.05) is 18.2 Å². The van der Waals surface area contributed by atoms with E-state index in [-0.39, 0.29) is 5.75 Å². The molecule has 1 aromatic carbocycles. The van der Waals surface area contributed by atoms with Gasteiger partial charge >= 0.3 is 5.97 Å². The van der Waals surface area contributed by atoms with Crippen LogP contribution in [0.25, 0.3) is 11.0 Å². The fourth-order valence-corrected chi connectivity index (χ4v) is 3.72. The molecule has 2 aromatic rings. The number of halogens is 1. The molecule has 0 bridgehead atoms. The first kappa shape index (κ1) is 14.7. The molecule has 1 aromatic heterocycles. The van der Waals surface area contributed by atoms with Crippen LogP contribution >= 0.6 is 23.4 Å². The zero-order valence-corrected chi connectivity index (χ0v) is 13.2. The number of rotatable bonds is 4. The van der Waals surface area contributed by atoms with E-state index in [1.165, 1.54) is 11.8 Å². The van der Waals surface area contributed by atoms with Gasteiger partial charge < -0.3 is 14.6 Å². The van der Waals surface area contributed by atoms with E-state index in [2.05, 4.69) is 21.5 Å². The quantitative estimate of drug-likeness (QED) is 0.876. The Balaban J connectivity index is 2.05. The first-order valence-electron chi connectivity index (χ1n) is 6.75. The Kier molecular flexibility index (Phi) is 4.10. The minimum atomic E-state index is -0.833. The number of carboxylic acid groups (broad SMARTS) is 1. The maximum absolute atomic E-state index is 10.8. The summed E-state index contributed by atoms with van der Waals surface area (Å²) in [5.41, 5.74) is 1.84. The molecule has 1 saturated heterocycles. The number of nitrogens with zero attached hydrogens (tertiary/aromatic N) is 3. The number of fused-ring (bicyclic) bond motifs is 1. The molecule has 1 unspecified atom stereocenters. The molecule has 2 heterocycles. The summed E-state index contributed by atoms with van der Waals surface area (Å²) < 4.78 is 2.15. The minimum Gasteiger partial charge on any atom is -0.481 e. The molecule has 0 amide bonds. The van der Waals surface area contributed by atoms with Crippen LogP contribution in [-0.4, -0.2) is 51.4 Å². The molecule has 5 nitrogen and oxygen atoms in total. The van der Waals surface area contributed by atoms with Crippen molar-refractivity contribution in [1.82, 2.24) is 14.5 Å². The highest BCUT2D eigenvalue weighted by Gasteiger charge is 2.26. The number of carbonyl (C=O) groups is 1. The van der Waals surface area contributed by atoms with Crippen molar-refractivity contribution < 1.29 is 9.90 Å². The van der Waals surface area contributed by atoms with Crippen LogP contribution < -0.4 is 0 Å². The van der Waals surface area contributed by atoms with Gasteiger partial charge in [0.25, 0.3) is 0 Å². The molecule has 112 valence electrons. The second-order valence-corrected chi connectivity index (χ2v) is 6.66. The Morgan fingerprint density at radius 2 is 2.38 bits per heavy atom. The summed E-state index contributed by atoms with van der Waals surface area (Å²) in [5.74, 6) is -0.820. The third-order valence-electron chi connectivity index (χ3n) is 3.68. The topological polar surface area (TPSA) is 58.4 Å². The molecule has 1 aliphatic heterocycles. The van der Waals surface area contributed by atoms with Gasteiger partial charge in [0.1, 0.15) is 0 Å². The number of imidazole rings is 1. The van der Waals surface area contributed by atoms with Crippen molar-refractivity contribution in [3.05, 3.63) is 23.2 Å². The number of hydrogen-bond donors (Lipinski definition) is 1. The number of carboxylic acids is 1. The summed E-state index contributed by atoms with van der Waals surface area (Å²) in [5, 5.41) is 10.3. The summed E-state index contributed by atoms with van der Waals surface area (Å²) in [7, 11) is 2.09. The molecule has 7 heteroatoms. The fourth-order valence-electron chi connectivity index (χ4n) is 2.75. The monoisotopic (exact) mass is 325 g/mol. The average Bonchev–Trinajstić information content (AvgIpc) is 2.99. The van der Waals surface area contributed by atoms with Gasteiger partial charge in [0.15, 0.2) is 5.16 Å². The number of thioether (sulfide) groups is 1. The highest BCUT2D eigenvalue weighted by atomic mass is 35.5. The second kappa shape index (κ2) is 5.87. The van der Waals surface area contributed by atoms with Gasteiger partial charge in [-0.25, -0.2) is 4.98 Å². The van der Waals surface area contributed by atoms with Crippen molar-refractivity contribution in [1.29, 1.82) is 0 Å². The highest BCUT2D eigenvalue weighted by molar-refractivity contribution is 7.99. The Hall–Kier alpha value is -1.24. The third-order valence-corrected chi connectivity index (χ3v) is 4.85. The normalized spacial score (nSPS) is 19.4. The molecule has 0 aliphatic carbocycles. The van der Waals surface area contributed by atoms with Gasteiger partial charge in [-0.05, 0) is 38.2 Å². The maximum atomic E-state index is 10.8. The van der Waals surface area contributed by atoms with Crippen LogP contribution in [0.3, 0.4) is 0 Å². The molecule has 0 spiro atoms. The van der Waals surface area contributed by atoms with Gasteiger partial charge in [-0.15, -0.1) is 0 Å². The van der Waals surface area contributed by atoms with Gasteiger partial charge in [-0.2, -0.15) is 0 Å². The van der Waals surface area contributed by atoms with Gasteiger partial charge in [-0.3, -0.25) is 4.79 Å². The Labute approximate surface area is 131 Å². The van der Waals surface area contributed by atoms with Crippen LogP contribution in [0.15, 0.2) is 23.4 Å². The zero-order valence-electron chi connectivity index (χ0n) is 11.6.